The summed E-state index contributed by atoms with van der Waals surface area (Å²) in [6, 6.07) is 0. The van der Waals surface area contributed by atoms with E-state index in [0.717, 1.165) is 21.2 Å². The maximum absolute atomic E-state index is 10.9. The lowest BCUT2D eigenvalue weighted by Gasteiger charge is -2.22. The van der Waals surface area contributed by atoms with Crippen LogP contribution in [0.3, 0.4) is 0 Å². The van der Waals surface area contributed by atoms with Crippen molar-refractivity contribution in [3.63, 3.8) is 0 Å². The van der Waals surface area contributed by atoms with Gasteiger partial charge in [-0.1, -0.05) is 6.08 Å². The molecule has 0 spiro atoms. The molecule has 7 heteroatoms. The molecule has 0 saturated heterocycles. The number of hydrogen-bond donors (Lipinski definition) is 1. The van der Waals surface area contributed by atoms with E-state index < -0.39 is 6.09 Å². The predicted octanol–water partition coefficient (Wildman–Crippen LogP) is 2.31. The van der Waals surface area contributed by atoms with Crippen LogP contribution >= 0.6 is 11.3 Å². The van der Waals surface area contributed by atoms with E-state index in [4.69, 9.17) is 5.11 Å². The van der Waals surface area contributed by atoms with Gasteiger partial charge < -0.3 is 14.6 Å². The molecule has 2 aromatic heterocycles. The van der Waals surface area contributed by atoms with Crippen molar-refractivity contribution < 1.29 is 9.90 Å². The van der Waals surface area contributed by atoms with Gasteiger partial charge in [-0.3, -0.25) is 0 Å². The molecule has 20 heavy (non-hydrogen) atoms. The Labute approximate surface area is 120 Å². The van der Waals surface area contributed by atoms with E-state index in [1.807, 2.05) is 30.1 Å². The average molecular weight is 290 g/mol. The fraction of sp³-hybridized carbons (Fsp3) is 0.308. The van der Waals surface area contributed by atoms with Crippen LogP contribution in [0.2, 0.25) is 0 Å². The fourth-order valence-electron chi connectivity index (χ4n) is 2.12. The number of thiazole rings is 1. The third-order valence-electron chi connectivity index (χ3n) is 3.22. The largest absolute Gasteiger partial charge is 0.465 e. The molecule has 1 N–H and O–H groups in total. The molecule has 1 amide bonds. The molecule has 1 aliphatic heterocycles. The molecule has 1 aliphatic rings. The SMILES string of the molecule is Cn1cnc(-c2cnc(C3=CCN(C(=O)O)CC3)s2)c1. The lowest BCUT2D eigenvalue weighted by Crippen LogP contribution is -2.33. The minimum Gasteiger partial charge on any atom is -0.465 e. The molecular weight excluding hydrogens is 276 g/mol. The van der Waals surface area contributed by atoms with Crippen molar-refractivity contribution in [2.75, 3.05) is 13.1 Å². The number of carboxylic acid groups (broad SMARTS) is 1. The first kappa shape index (κ1) is 12.9. The molecule has 104 valence electrons. The summed E-state index contributed by atoms with van der Waals surface area (Å²) >= 11 is 1.59. The Hall–Kier alpha value is -2.15. The summed E-state index contributed by atoms with van der Waals surface area (Å²) in [5.41, 5.74) is 2.04. The number of rotatable bonds is 2. The van der Waals surface area contributed by atoms with E-state index in [2.05, 4.69) is 9.97 Å². The summed E-state index contributed by atoms with van der Waals surface area (Å²) in [4.78, 5) is 22.0. The molecule has 3 heterocycles. The Kier molecular flexibility index (Phi) is 3.27. The quantitative estimate of drug-likeness (QED) is 0.921. The third-order valence-corrected chi connectivity index (χ3v) is 4.31. The topological polar surface area (TPSA) is 71.2 Å². The Bertz CT molecular complexity index is 673. The van der Waals surface area contributed by atoms with E-state index in [-0.39, 0.29) is 0 Å². The minimum absolute atomic E-state index is 0.434. The summed E-state index contributed by atoms with van der Waals surface area (Å²) in [5.74, 6) is 0. The highest BCUT2D eigenvalue weighted by molar-refractivity contribution is 7.16. The highest BCUT2D eigenvalue weighted by atomic mass is 32.1. The highest BCUT2D eigenvalue weighted by Crippen LogP contribution is 2.31. The zero-order valence-corrected chi connectivity index (χ0v) is 11.8. The second-order valence-electron chi connectivity index (χ2n) is 4.66. The maximum atomic E-state index is 10.9. The van der Waals surface area contributed by atoms with Gasteiger partial charge in [0.15, 0.2) is 0 Å². The van der Waals surface area contributed by atoms with Gasteiger partial charge in [0.25, 0.3) is 0 Å². The molecule has 0 fully saturated rings. The van der Waals surface area contributed by atoms with Crippen molar-refractivity contribution in [3.8, 4) is 10.6 Å². The Morgan fingerprint density at radius 3 is 2.90 bits per heavy atom. The summed E-state index contributed by atoms with van der Waals surface area (Å²) in [6.07, 6.45) is 7.33. The fourth-order valence-corrected chi connectivity index (χ4v) is 3.06. The first-order valence-corrected chi connectivity index (χ1v) is 7.06. The van der Waals surface area contributed by atoms with Crippen LogP contribution in [-0.2, 0) is 7.05 Å². The smallest absolute Gasteiger partial charge is 0.407 e. The molecule has 0 bridgehead atoms. The molecule has 0 radical (unpaired) electrons. The van der Waals surface area contributed by atoms with Gasteiger partial charge in [0.2, 0.25) is 0 Å². The first-order chi connectivity index (χ1) is 9.63. The Morgan fingerprint density at radius 2 is 2.30 bits per heavy atom. The molecule has 2 aromatic rings. The number of hydrogen-bond acceptors (Lipinski definition) is 4. The monoisotopic (exact) mass is 290 g/mol. The number of amides is 1. The summed E-state index contributed by atoms with van der Waals surface area (Å²) in [6.45, 7) is 0.961. The van der Waals surface area contributed by atoms with E-state index in [1.54, 1.807) is 17.7 Å². The van der Waals surface area contributed by atoms with Gasteiger partial charge in [0, 0.05) is 32.5 Å². The standard InChI is InChI=1S/C13H14N4O2S/c1-16-7-10(15-8-16)11-6-14-12(20-11)9-2-4-17(5-3-9)13(18)19/h2,6-8H,3-5H2,1H3,(H,18,19). The normalized spacial score (nSPS) is 15.2. The van der Waals surface area contributed by atoms with Gasteiger partial charge in [0.05, 0.1) is 16.9 Å². The summed E-state index contributed by atoms with van der Waals surface area (Å²) in [5, 5.41) is 9.88. The zero-order chi connectivity index (χ0) is 14.1. The predicted molar refractivity (Wildman–Crippen MR) is 76.5 cm³/mol. The van der Waals surface area contributed by atoms with Gasteiger partial charge in [-0.2, -0.15) is 0 Å². The van der Waals surface area contributed by atoms with Crippen molar-refractivity contribution in [1.82, 2.24) is 19.4 Å². The first-order valence-electron chi connectivity index (χ1n) is 6.25. The van der Waals surface area contributed by atoms with E-state index >= 15 is 0 Å². The molecule has 0 aromatic carbocycles. The second-order valence-corrected chi connectivity index (χ2v) is 5.69. The van der Waals surface area contributed by atoms with Crippen LogP contribution in [0.1, 0.15) is 11.4 Å². The number of nitrogens with zero attached hydrogens (tertiary/aromatic N) is 4. The van der Waals surface area contributed by atoms with Crippen molar-refractivity contribution >= 4 is 23.0 Å². The summed E-state index contributed by atoms with van der Waals surface area (Å²) in [7, 11) is 1.93. The van der Waals surface area contributed by atoms with Crippen LogP contribution in [0.15, 0.2) is 24.8 Å². The van der Waals surface area contributed by atoms with Crippen LogP contribution in [0.5, 0.6) is 0 Å². The molecule has 0 saturated carbocycles. The van der Waals surface area contributed by atoms with Gasteiger partial charge in [-0.15, -0.1) is 11.3 Å². The number of imidazole rings is 1. The molecule has 0 aliphatic carbocycles. The summed E-state index contributed by atoms with van der Waals surface area (Å²) < 4.78 is 1.90. The Morgan fingerprint density at radius 1 is 1.45 bits per heavy atom. The molecule has 0 atom stereocenters. The molecule has 0 unspecified atom stereocenters. The van der Waals surface area contributed by atoms with Crippen molar-refractivity contribution in [3.05, 3.63) is 29.8 Å². The number of aryl methyl sites for hydroxylation is 1. The average Bonchev–Trinajstić information content (AvgIpc) is 3.07. The van der Waals surface area contributed by atoms with E-state index in [1.165, 1.54) is 4.90 Å². The molecule has 3 rings (SSSR count). The van der Waals surface area contributed by atoms with Crippen molar-refractivity contribution in [2.45, 2.75) is 6.42 Å². The van der Waals surface area contributed by atoms with Crippen molar-refractivity contribution in [1.29, 1.82) is 0 Å². The van der Waals surface area contributed by atoms with Crippen LogP contribution in [-0.4, -0.2) is 43.7 Å². The molecular formula is C13H14N4O2S. The lowest BCUT2D eigenvalue weighted by atomic mass is 10.1. The van der Waals surface area contributed by atoms with Gasteiger partial charge in [0.1, 0.15) is 5.01 Å². The third kappa shape index (κ3) is 2.44. The van der Waals surface area contributed by atoms with Crippen LogP contribution in [0, 0.1) is 0 Å². The van der Waals surface area contributed by atoms with Crippen molar-refractivity contribution in [2.24, 2.45) is 7.05 Å². The van der Waals surface area contributed by atoms with E-state index in [0.29, 0.717) is 19.5 Å². The number of carbonyl (C=O) groups is 1. The second kappa shape index (κ2) is 5.09. The van der Waals surface area contributed by atoms with Gasteiger partial charge in [-0.05, 0) is 12.0 Å². The van der Waals surface area contributed by atoms with E-state index in [9.17, 15) is 4.79 Å². The van der Waals surface area contributed by atoms with Crippen LogP contribution in [0.4, 0.5) is 4.79 Å². The van der Waals surface area contributed by atoms with Crippen LogP contribution < -0.4 is 0 Å². The van der Waals surface area contributed by atoms with Gasteiger partial charge in [-0.25, -0.2) is 14.8 Å². The minimum atomic E-state index is -0.867. The highest BCUT2D eigenvalue weighted by Gasteiger charge is 2.18. The number of aromatic nitrogens is 3. The Balaban J connectivity index is 1.79. The molecule has 6 nitrogen and oxygen atoms in total. The lowest BCUT2D eigenvalue weighted by molar-refractivity contribution is 0.150. The van der Waals surface area contributed by atoms with Gasteiger partial charge >= 0.3 is 6.09 Å². The maximum Gasteiger partial charge on any atom is 0.407 e. The van der Waals surface area contributed by atoms with Crippen LogP contribution in [0.25, 0.3) is 16.1 Å². The zero-order valence-electron chi connectivity index (χ0n) is 11.0.